The van der Waals surface area contributed by atoms with E-state index in [-0.39, 0.29) is 28.3 Å². The van der Waals surface area contributed by atoms with Crippen molar-refractivity contribution in [2.24, 2.45) is 16.2 Å². The third kappa shape index (κ3) is 8.67. The van der Waals surface area contributed by atoms with Crippen LogP contribution in [0.15, 0.2) is 107 Å². The van der Waals surface area contributed by atoms with Crippen LogP contribution >= 0.6 is 0 Å². The summed E-state index contributed by atoms with van der Waals surface area (Å²) >= 11 is 0. The first-order valence-corrected chi connectivity index (χ1v) is 16.0. The molecule has 2 aliphatic carbocycles. The maximum atomic E-state index is 12.9. The van der Waals surface area contributed by atoms with Gasteiger partial charge in [0.2, 0.25) is 0 Å². The molecule has 3 heteroatoms. The molecule has 0 aromatic carbocycles. The Kier molecular flexibility index (Phi) is 11.2. The number of rotatable bonds is 10. The quantitative estimate of drug-likeness (QED) is 0.158. The molecule has 0 amide bonds. The Morgan fingerprint density at radius 3 is 1.88 bits per heavy atom. The van der Waals surface area contributed by atoms with Gasteiger partial charge in [-0.3, -0.25) is 4.79 Å². The van der Waals surface area contributed by atoms with Gasteiger partial charge in [0, 0.05) is 5.41 Å². The summed E-state index contributed by atoms with van der Waals surface area (Å²) in [7, 11) is 0. The number of allylic oxidation sites excluding steroid dienone is 15. The van der Waals surface area contributed by atoms with Crippen molar-refractivity contribution in [3.63, 3.8) is 0 Å². The number of fused-ring (bicyclic) bond motifs is 1. The van der Waals surface area contributed by atoms with Crippen LogP contribution in [0, 0.1) is 16.2 Å². The molecule has 2 saturated carbocycles. The monoisotopic (exact) mass is 584 g/mol. The average Bonchev–Trinajstić information content (AvgIpc) is 3.38. The molecular weight excluding hydrogens is 528 g/mol. The van der Waals surface area contributed by atoms with E-state index < -0.39 is 11.5 Å². The Bertz CT molecular complexity index is 1320. The average molecular weight is 585 g/mol. The Balaban J connectivity index is 1.50. The molecular formula is C40H56O3. The van der Waals surface area contributed by atoms with Crippen molar-refractivity contribution < 1.29 is 14.6 Å². The lowest BCUT2D eigenvalue weighted by Crippen LogP contribution is -2.39. The van der Waals surface area contributed by atoms with E-state index in [2.05, 4.69) is 110 Å². The van der Waals surface area contributed by atoms with Gasteiger partial charge >= 0.3 is 0 Å². The first-order valence-electron chi connectivity index (χ1n) is 16.0. The highest BCUT2D eigenvalue weighted by Gasteiger charge is 2.52. The normalized spacial score (nSPS) is 32.0. The smallest absolute Gasteiger partial charge is 0.162 e. The molecule has 4 atom stereocenters. The van der Waals surface area contributed by atoms with E-state index >= 15 is 0 Å². The van der Waals surface area contributed by atoms with Crippen LogP contribution in [0.25, 0.3) is 0 Å². The highest BCUT2D eigenvalue weighted by Crippen LogP contribution is 2.53. The molecule has 0 aromatic rings. The number of carbonyl (C=O) groups is 1. The predicted octanol–water partition coefficient (Wildman–Crippen LogP) is 10.0. The van der Waals surface area contributed by atoms with Crippen LogP contribution < -0.4 is 0 Å². The van der Waals surface area contributed by atoms with Gasteiger partial charge in [0.1, 0.15) is 0 Å². The minimum Gasteiger partial charge on any atom is -0.393 e. The third-order valence-electron chi connectivity index (χ3n) is 10.1. The Morgan fingerprint density at radius 2 is 1.33 bits per heavy atom. The van der Waals surface area contributed by atoms with Gasteiger partial charge < -0.3 is 9.84 Å². The number of carbonyl (C=O) groups excluding carboxylic acids is 1. The molecule has 43 heavy (non-hydrogen) atoms. The summed E-state index contributed by atoms with van der Waals surface area (Å²) in [5.74, 6) is 0.0905. The van der Waals surface area contributed by atoms with E-state index in [1.54, 1.807) is 6.08 Å². The fourth-order valence-electron chi connectivity index (χ4n) is 6.91. The Hall–Kier alpha value is -2.75. The van der Waals surface area contributed by atoms with Crippen LogP contribution in [-0.2, 0) is 9.53 Å². The SMILES string of the molecule is CC(C=CC=C(C)C=CC(=O)C1(C)CC(O)CC1(C)C)=CC=CC=C(C)C=CC=C(C)C1C=C2C(C)(C)CCCC2(C)O1. The number of hydrogen-bond acceptors (Lipinski definition) is 3. The van der Waals surface area contributed by atoms with Gasteiger partial charge in [-0.15, -0.1) is 0 Å². The number of ether oxygens (including phenoxy) is 1. The fourth-order valence-corrected chi connectivity index (χ4v) is 6.91. The molecule has 0 aromatic heterocycles. The maximum absolute atomic E-state index is 12.9. The lowest BCUT2D eigenvalue weighted by molar-refractivity contribution is -0.127. The molecule has 1 N–H and O–H groups in total. The van der Waals surface area contributed by atoms with Crippen LogP contribution in [0.4, 0.5) is 0 Å². The molecule has 234 valence electrons. The van der Waals surface area contributed by atoms with E-state index in [1.807, 2.05) is 32.1 Å². The van der Waals surface area contributed by atoms with Gasteiger partial charge in [-0.05, 0) is 101 Å². The molecule has 3 rings (SSSR count). The van der Waals surface area contributed by atoms with E-state index in [0.717, 1.165) is 17.6 Å². The Morgan fingerprint density at radius 1 is 0.767 bits per heavy atom. The van der Waals surface area contributed by atoms with Gasteiger partial charge in [-0.2, -0.15) is 0 Å². The van der Waals surface area contributed by atoms with Gasteiger partial charge in [-0.25, -0.2) is 0 Å². The van der Waals surface area contributed by atoms with Crippen molar-refractivity contribution >= 4 is 5.78 Å². The van der Waals surface area contributed by atoms with Crippen LogP contribution in [0.1, 0.15) is 101 Å². The first kappa shape index (κ1) is 34.7. The van der Waals surface area contributed by atoms with Crippen LogP contribution in [0.5, 0.6) is 0 Å². The molecule has 0 radical (unpaired) electrons. The van der Waals surface area contributed by atoms with Gasteiger partial charge in [0.25, 0.3) is 0 Å². The summed E-state index contributed by atoms with van der Waals surface area (Å²) in [4.78, 5) is 12.9. The maximum Gasteiger partial charge on any atom is 0.162 e. The highest BCUT2D eigenvalue weighted by atomic mass is 16.5. The minimum absolute atomic E-state index is 0.0623. The second-order valence-corrected chi connectivity index (χ2v) is 14.8. The van der Waals surface area contributed by atoms with Gasteiger partial charge in [0.15, 0.2) is 5.78 Å². The van der Waals surface area contributed by atoms with Crippen LogP contribution in [0.2, 0.25) is 0 Å². The lowest BCUT2D eigenvalue weighted by atomic mass is 9.66. The molecule has 1 heterocycles. The zero-order chi connectivity index (χ0) is 32.1. The lowest BCUT2D eigenvalue weighted by Gasteiger charge is -2.42. The zero-order valence-electron chi connectivity index (χ0n) is 28.5. The molecule has 3 nitrogen and oxygen atoms in total. The first-order chi connectivity index (χ1) is 20.0. The van der Waals surface area contributed by atoms with E-state index in [4.69, 9.17) is 4.74 Å². The molecule has 2 fully saturated rings. The number of aliphatic hydroxyl groups is 1. The number of aliphatic hydroxyl groups excluding tert-OH is 1. The highest BCUT2D eigenvalue weighted by molar-refractivity contribution is 5.95. The third-order valence-corrected chi connectivity index (χ3v) is 10.1. The van der Waals surface area contributed by atoms with Crippen molar-refractivity contribution in [3.05, 3.63) is 107 Å². The summed E-state index contributed by atoms with van der Waals surface area (Å²) in [6, 6.07) is 0. The van der Waals surface area contributed by atoms with Crippen molar-refractivity contribution in [1.29, 1.82) is 0 Å². The molecule has 1 aliphatic heterocycles. The van der Waals surface area contributed by atoms with E-state index in [9.17, 15) is 9.90 Å². The molecule has 0 saturated heterocycles. The number of hydrogen-bond donors (Lipinski definition) is 1. The van der Waals surface area contributed by atoms with E-state index in [0.29, 0.717) is 12.8 Å². The van der Waals surface area contributed by atoms with Gasteiger partial charge in [-0.1, -0.05) is 118 Å². The predicted molar refractivity (Wildman–Crippen MR) is 183 cm³/mol. The van der Waals surface area contributed by atoms with Crippen molar-refractivity contribution in [1.82, 2.24) is 0 Å². The van der Waals surface area contributed by atoms with Gasteiger partial charge in [0.05, 0.1) is 17.8 Å². The summed E-state index contributed by atoms with van der Waals surface area (Å²) in [6.45, 7) is 21.4. The summed E-state index contributed by atoms with van der Waals surface area (Å²) < 4.78 is 6.54. The second kappa shape index (κ2) is 13.9. The van der Waals surface area contributed by atoms with E-state index in [1.165, 1.54) is 29.6 Å². The fraction of sp³-hybridized carbons (Fsp3) is 0.525. The standard InChI is InChI=1S/C40H56O3/c1-29(18-13-19-31(3)22-23-36(42)39(9)28-33(41)27-38(39,7)8)16-11-12-17-30(2)20-14-21-32(4)34-26-35-37(5,6)24-15-25-40(35,10)43-34/h11-14,16-23,26,33-34,41H,15,24-25,27-28H2,1-10H3. The summed E-state index contributed by atoms with van der Waals surface area (Å²) in [6.07, 6.45) is 31.1. The second-order valence-electron chi connectivity index (χ2n) is 14.8. The molecule has 3 aliphatic rings. The molecule has 0 bridgehead atoms. The molecule has 0 spiro atoms. The minimum atomic E-state index is -0.527. The Labute approximate surface area is 262 Å². The molecule has 4 unspecified atom stereocenters. The van der Waals surface area contributed by atoms with Crippen molar-refractivity contribution in [2.75, 3.05) is 0 Å². The summed E-state index contributed by atoms with van der Waals surface area (Å²) in [5, 5.41) is 10.1. The zero-order valence-corrected chi connectivity index (χ0v) is 28.5. The van der Waals surface area contributed by atoms with Crippen LogP contribution in [-0.4, -0.2) is 28.7 Å². The number of ketones is 1. The largest absolute Gasteiger partial charge is 0.393 e. The topological polar surface area (TPSA) is 46.5 Å². The van der Waals surface area contributed by atoms with Crippen molar-refractivity contribution in [2.45, 2.75) is 119 Å². The summed E-state index contributed by atoms with van der Waals surface area (Å²) in [5.41, 5.74) is 5.41. The van der Waals surface area contributed by atoms with Crippen LogP contribution in [0.3, 0.4) is 0 Å². The van der Waals surface area contributed by atoms with Crippen molar-refractivity contribution in [3.8, 4) is 0 Å².